The van der Waals surface area contributed by atoms with Gasteiger partial charge in [-0.1, -0.05) is 48.5 Å². The highest BCUT2D eigenvalue weighted by Gasteiger charge is 2.39. The minimum Gasteiger partial charge on any atom is -0.337 e. The summed E-state index contributed by atoms with van der Waals surface area (Å²) in [5.74, 6) is 1.35. The fraction of sp³-hybridized carbons (Fsp3) is 0.308. The van der Waals surface area contributed by atoms with Crippen LogP contribution in [0.1, 0.15) is 44.5 Å². The maximum Gasteiger partial charge on any atom is 0.223 e. The van der Waals surface area contributed by atoms with Crippen molar-refractivity contribution in [2.75, 3.05) is 6.54 Å². The third-order valence-electron chi connectivity index (χ3n) is 6.14. The molecule has 4 nitrogen and oxygen atoms in total. The van der Waals surface area contributed by atoms with E-state index in [4.69, 9.17) is 4.98 Å². The maximum absolute atomic E-state index is 12.7. The number of likely N-dealkylation sites (tertiary alicyclic amines) is 1. The predicted molar refractivity (Wildman–Crippen MR) is 122 cm³/mol. The third kappa shape index (κ3) is 3.26. The van der Waals surface area contributed by atoms with Crippen LogP contribution in [-0.4, -0.2) is 32.4 Å². The molecule has 1 aromatic heterocycles. The molecule has 0 aliphatic carbocycles. The van der Waals surface area contributed by atoms with Crippen LogP contribution in [0, 0.1) is 0 Å². The Hall–Kier alpha value is -3.14. The number of nitrogens with zero attached hydrogens (tertiary/aromatic N) is 3. The molecule has 1 aliphatic heterocycles. The molecule has 152 valence electrons. The van der Waals surface area contributed by atoms with Gasteiger partial charge in [-0.2, -0.15) is 0 Å². The number of imidazole rings is 1. The number of aromatic nitrogens is 2. The van der Waals surface area contributed by atoms with E-state index in [1.165, 1.54) is 16.3 Å². The molecule has 4 heteroatoms. The van der Waals surface area contributed by atoms with Crippen molar-refractivity contribution in [2.24, 2.45) is 0 Å². The summed E-state index contributed by atoms with van der Waals surface area (Å²) in [6, 6.07) is 23.4. The topological polar surface area (TPSA) is 38.1 Å². The standard InChI is InChI=1S/C26H27N3O/c1-26(2,3)29-17-21(15-24(29)30)25-27-22-10-6-7-11-23(22)28(25)16-18-12-13-19-8-4-5-9-20(19)14-18/h4-14,21H,15-17H2,1-3H3. The minimum atomic E-state index is -0.166. The van der Waals surface area contributed by atoms with Crippen molar-refractivity contribution >= 4 is 27.7 Å². The van der Waals surface area contributed by atoms with Crippen LogP contribution in [0.3, 0.4) is 0 Å². The van der Waals surface area contributed by atoms with E-state index in [1.807, 2.05) is 11.0 Å². The van der Waals surface area contributed by atoms with Gasteiger partial charge in [-0.15, -0.1) is 0 Å². The van der Waals surface area contributed by atoms with Crippen molar-refractivity contribution in [2.45, 2.75) is 45.2 Å². The number of rotatable bonds is 3. The third-order valence-corrected chi connectivity index (χ3v) is 6.14. The number of benzene rings is 3. The van der Waals surface area contributed by atoms with E-state index in [2.05, 4.69) is 86.0 Å². The van der Waals surface area contributed by atoms with Gasteiger partial charge in [0.25, 0.3) is 0 Å². The summed E-state index contributed by atoms with van der Waals surface area (Å²) in [7, 11) is 0. The first-order valence-electron chi connectivity index (χ1n) is 10.6. The van der Waals surface area contributed by atoms with Gasteiger partial charge in [0.15, 0.2) is 0 Å². The molecular weight excluding hydrogens is 370 g/mol. The molecular formula is C26H27N3O. The normalized spacial score (nSPS) is 17.4. The van der Waals surface area contributed by atoms with Crippen molar-refractivity contribution in [1.82, 2.24) is 14.5 Å². The molecule has 0 radical (unpaired) electrons. The highest BCUT2D eigenvalue weighted by molar-refractivity contribution is 5.83. The number of para-hydroxylation sites is 2. The van der Waals surface area contributed by atoms with Gasteiger partial charge in [0.05, 0.1) is 11.0 Å². The molecule has 1 fully saturated rings. The zero-order valence-corrected chi connectivity index (χ0v) is 17.8. The summed E-state index contributed by atoms with van der Waals surface area (Å²) in [5, 5.41) is 2.50. The van der Waals surface area contributed by atoms with Crippen LogP contribution in [0.15, 0.2) is 66.7 Å². The Kier molecular flexibility index (Phi) is 4.39. The van der Waals surface area contributed by atoms with Crippen molar-refractivity contribution < 1.29 is 4.79 Å². The molecule has 1 aliphatic rings. The number of fused-ring (bicyclic) bond motifs is 2. The number of hydrogen-bond acceptors (Lipinski definition) is 2. The molecule has 1 unspecified atom stereocenters. The van der Waals surface area contributed by atoms with Gasteiger partial charge in [-0.05, 0) is 55.3 Å². The Morgan fingerprint density at radius 3 is 2.47 bits per heavy atom. The van der Waals surface area contributed by atoms with E-state index < -0.39 is 0 Å². The van der Waals surface area contributed by atoms with Gasteiger partial charge >= 0.3 is 0 Å². The summed E-state index contributed by atoms with van der Waals surface area (Å²) in [6.45, 7) is 7.78. The van der Waals surface area contributed by atoms with E-state index in [-0.39, 0.29) is 17.4 Å². The van der Waals surface area contributed by atoms with Crippen LogP contribution < -0.4 is 0 Å². The number of amides is 1. The molecule has 30 heavy (non-hydrogen) atoms. The molecule has 1 saturated heterocycles. The van der Waals surface area contributed by atoms with Crippen LogP contribution in [0.2, 0.25) is 0 Å². The lowest BCUT2D eigenvalue weighted by Gasteiger charge is -2.32. The maximum atomic E-state index is 12.7. The lowest BCUT2D eigenvalue weighted by atomic mass is 10.1. The van der Waals surface area contributed by atoms with Crippen molar-refractivity contribution in [3.63, 3.8) is 0 Å². The second kappa shape index (κ2) is 6.98. The largest absolute Gasteiger partial charge is 0.337 e. The number of carbonyl (C=O) groups is 1. The van der Waals surface area contributed by atoms with Crippen LogP contribution in [0.5, 0.6) is 0 Å². The molecule has 1 amide bonds. The second-order valence-corrected chi connectivity index (χ2v) is 9.30. The molecule has 0 N–H and O–H groups in total. The summed E-state index contributed by atoms with van der Waals surface area (Å²) in [5.41, 5.74) is 3.20. The van der Waals surface area contributed by atoms with E-state index in [9.17, 15) is 4.79 Å². The number of hydrogen-bond donors (Lipinski definition) is 0. The molecule has 2 heterocycles. The van der Waals surface area contributed by atoms with E-state index in [0.717, 1.165) is 29.9 Å². The van der Waals surface area contributed by atoms with Crippen molar-refractivity contribution in [3.05, 3.63) is 78.1 Å². The monoisotopic (exact) mass is 397 g/mol. The van der Waals surface area contributed by atoms with Crippen LogP contribution in [0.25, 0.3) is 21.8 Å². The van der Waals surface area contributed by atoms with Gasteiger partial charge in [0.2, 0.25) is 5.91 Å². The zero-order valence-electron chi connectivity index (χ0n) is 17.8. The SMILES string of the molecule is CC(C)(C)N1CC(c2nc3ccccc3n2Cc2ccc3ccccc3c2)CC1=O. The highest BCUT2D eigenvalue weighted by atomic mass is 16.2. The summed E-state index contributed by atoms with van der Waals surface area (Å²) in [4.78, 5) is 19.7. The van der Waals surface area contributed by atoms with E-state index in [1.54, 1.807) is 0 Å². The first-order chi connectivity index (χ1) is 14.4. The van der Waals surface area contributed by atoms with Gasteiger partial charge in [0.1, 0.15) is 5.82 Å². The average molecular weight is 398 g/mol. The quantitative estimate of drug-likeness (QED) is 0.467. The molecule has 5 rings (SSSR count). The lowest BCUT2D eigenvalue weighted by molar-refractivity contribution is -0.131. The number of carbonyl (C=O) groups excluding carboxylic acids is 1. The molecule has 0 bridgehead atoms. The van der Waals surface area contributed by atoms with E-state index >= 15 is 0 Å². The van der Waals surface area contributed by atoms with E-state index in [0.29, 0.717) is 6.42 Å². The Morgan fingerprint density at radius 1 is 0.967 bits per heavy atom. The molecule has 3 aromatic carbocycles. The molecule has 0 saturated carbocycles. The fourth-order valence-electron chi connectivity index (χ4n) is 4.62. The summed E-state index contributed by atoms with van der Waals surface area (Å²) in [6.07, 6.45) is 0.526. The minimum absolute atomic E-state index is 0.115. The lowest BCUT2D eigenvalue weighted by Crippen LogP contribution is -2.42. The van der Waals surface area contributed by atoms with Gasteiger partial charge in [-0.3, -0.25) is 4.79 Å². The Balaban J connectivity index is 1.56. The Morgan fingerprint density at radius 2 is 1.70 bits per heavy atom. The molecule has 1 atom stereocenters. The fourth-order valence-corrected chi connectivity index (χ4v) is 4.62. The van der Waals surface area contributed by atoms with Crippen molar-refractivity contribution in [3.8, 4) is 0 Å². The first kappa shape index (κ1) is 18.9. The Labute approximate surface area is 177 Å². The second-order valence-electron chi connectivity index (χ2n) is 9.30. The van der Waals surface area contributed by atoms with Crippen LogP contribution in [-0.2, 0) is 11.3 Å². The smallest absolute Gasteiger partial charge is 0.223 e. The van der Waals surface area contributed by atoms with Gasteiger partial charge in [0, 0.05) is 31.0 Å². The molecule has 0 spiro atoms. The predicted octanol–water partition coefficient (Wildman–Crippen LogP) is 5.35. The van der Waals surface area contributed by atoms with Gasteiger partial charge < -0.3 is 9.47 Å². The average Bonchev–Trinajstić information content (AvgIpc) is 3.29. The molecule has 4 aromatic rings. The highest BCUT2D eigenvalue weighted by Crippen LogP contribution is 2.34. The summed E-state index contributed by atoms with van der Waals surface area (Å²) < 4.78 is 2.31. The zero-order chi connectivity index (χ0) is 20.9. The summed E-state index contributed by atoms with van der Waals surface area (Å²) >= 11 is 0. The van der Waals surface area contributed by atoms with Gasteiger partial charge in [-0.25, -0.2) is 4.98 Å². The van der Waals surface area contributed by atoms with Crippen LogP contribution >= 0.6 is 0 Å². The van der Waals surface area contributed by atoms with Crippen molar-refractivity contribution in [1.29, 1.82) is 0 Å². The Bertz CT molecular complexity index is 1250. The first-order valence-corrected chi connectivity index (χ1v) is 10.6. The van der Waals surface area contributed by atoms with Crippen LogP contribution in [0.4, 0.5) is 0 Å².